The summed E-state index contributed by atoms with van der Waals surface area (Å²) in [7, 11) is 3.16. The van der Waals surface area contributed by atoms with Gasteiger partial charge in [0.1, 0.15) is 6.04 Å². The Morgan fingerprint density at radius 2 is 1.90 bits per heavy atom. The lowest BCUT2D eigenvalue weighted by atomic mass is 10.2. The minimum Gasteiger partial charge on any atom is -0.480 e. The van der Waals surface area contributed by atoms with Crippen LogP contribution in [-0.4, -0.2) is 80.6 Å². The van der Waals surface area contributed by atoms with Gasteiger partial charge in [-0.3, -0.25) is 0 Å². The number of thioether (sulfide) groups is 1. The average Bonchev–Trinajstić information content (AvgIpc) is 2.46. The summed E-state index contributed by atoms with van der Waals surface area (Å²) in [5, 5.41) is 11.7. The highest BCUT2D eigenvalue weighted by molar-refractivity contribution is 7.98. The molecule has 1 atom stereocenters. The second-order valence-electron chi connectivity index (χ2n) is 4.45. The Bertz CT molecular complexity index is 304. The Morgan fingerprint density at radius 1 is 1.24 bits per heavy atom. The van der Waals surface area contributed by atoms with Crippen molar-refractivity contribution in [3.05, 3.63) is 0 Å². The van der Waals surface area contributed by atoms with Crippen molar-refractivity contribution in [3.8, 4) is 0 Å². The van der Waals surface area contributed by atoms with E-state index in [1.807, 2.05) is 6.26 Å². The predicted octanol–water partition coefficient (Wildman–Crippen LogP) is 0.887. The van der Waals surface area contributed by atoms with Gasteiger partial charge in [-0.15, -0.1) is 0 Å². The maximum Gasteiger partial charge on any atom is 0.326 e. The second kappa shape index (κ2) is 12.7. The van der Waals surface area contributed by atoms with Crippen molar-refractivity contribution in [2.45, 2.75) is 18.9 Å². The molecular weight excluding hydrogens is 296 g/mol. The molecule has 8 heteroatoms. The van der Waals surface area contributed by atoms with Gasteiger partial charge >= 0.3 is 12.0 Å². The summed E-state index contributed by atoms with van der Waals surface area (Å²) in [6.45, 7) is 1.87. The molecule has 2 N–H and O–H groups in total. The molecule has 0 fully saturated rings. The van der Waals surface area contributed by atoms with E-state index in [-0.39, 0.29) is 6.03 Å². The standard InChI is InChI=1S/C13H26N2O5S/c1-19-8-4-6-15(7-9-20-2)13(18)14-11(12(16)17)5-10-21-3/h11H,4-10H2,1-3H3,(H,14,18)(H,16,17)/t11-/m0/s1. The first kappa shape index (κ1) is 20.0. The van der Waals surface area contributed by atoms with Gasteiger partial charge in [0.15, 0.2) is 0 Å². The number of carboxylic acid groups (broad SMARTS) is 1. The molecule has 2 amide bonds. The quantitative estimate of drug-likeness (QED) is 0.519. The molecule has 21 heavy (non-hydrogen) atoms. The number of methoxy groups -OCH3 is 2. The van der Waals surface area contributed by atoms with Gasteiger partial charge in [-0.25, -0.2) is 9.59 Å². The summed E-state index contributed by atoms with van der Waals surface area (Å²) in [5.74, 6) is -0.333. The average molecular weight is 322 g/mol. The van der Waals surface area contributed by atoms with Gasteiger partial charge in [0.05, 0.1) is 6.61 Å². The molecule has 0 aromatic carbocycles. The topological polar surface area (TPSA) is 88.1 Å². The van der Waals surface area contributed by atoms with E-state index in [9.17, 15) is 9.59 Å². The second-order valence-corrected chi connectivity index (χ2v) is 5.43. The lowest BCUT2D eigenvalue weighted by molar-refractivity contribution is -0.139. The highest BCUT2D eigenvalue weighted by atomic mass is 32.2. The van der Waals surface area contributed by atoms with Gasteiger partial charge in [0.25, 0.3) is 0 Å². The number of ether oxygens (including phenoxy) is 2. The number of nitrogens with zero attached hydrogens (tertiary/aromatic N) is 1. The van der Waals surface area contributed by atoms with Crippen LogP contribution in [0.25, 0.3) is 0 Å². The Balaban J connectivity index is 4.48. The SMILES string of the molecule is COCCCN(CCOC)C(=O)N[C@@H](CCSC)C(=O)O. The molecule has 124 valence electrons. The van der Waals surface area contributed by atoms with Gasteiger partial charge in [0.2, 0.25) is 0 Å². The van der Waals surface area contributed by atoms with E-state index in [4.69, 9.17) is 14.6 Å². The zero-order valence-corrected chi connectivity index (χ0v) is 13.8. The monoisotopic (exact) mass is 322 g/mol. The van der Waals surface area contributed by atoms with Crippen LogP contribution < -0.4 is 5.32 Å². The zero-order chi connectivity index (χ0) is 16.1. The van der Waals surface area contributed by atoms with Crippen LogP contribution >= 0.6 is 11.8 Å². The predicted molar refractivity (Wildman–Crippen MR) is 82.9 cm³/mol. The number of carboxylic acids is 1. The molecule has 7 nitrogen and oxygen atoms in total. The lowest BCUT2D eigenvalue weighted by Crippen LogP contribution is -2.49. The molecule has 0 aromatic rings. The van der Waals surface area contributed by atoms with Crippen LogP contribution in [-0.2, 0) is 14.3 Å². The fourth-order valence-corrected chi connectivity index (χ4v) is 2.12. The number of nitrogens with one attached hydrogen (secondary N) is 1. The van der Waals surface area contributed by atoms with Crippen molar-refractivity contribution in [1.29, 1.82) is 0 Å². The van der Waals surface area contributed by atoms with Gasteiger partial charge in [-0.05, 0) is 24.9 Å². The minimum atomic E-state index is -1.01. The molecule has 0 saturated carbocycles. The molecule has 0 aliphatic rings. The molecule has 0 saturated heterocycles. The molecular formula is C13H26N2O5S. The summed E-state index contributed by atoms with van der Waals surface area (Å²) in [5.41, 5.74) is 0. The first-order valence-electron chi connectivity index (χ1n) is 6.81. The van der Waals surface area contributed by atoms with Gasteiger partial charge < -0.3 is 24.8 Å². The van der Waals surface area contributed by atoms with E-state index in [2.05, 4.69) is 5.32 Å². The number of urea groups is 1. The number of rotatable bonds is 12. The smallest absolute Gasteiger partial charge is 0.326 e. The third kappa shape index (κ3) is 9.54. The van der Waals surface area contributed by atoms with Crippen LogP contribution in [0.5, 0.6) is 0 Å². The van der Waals surface area contributed by atoms with Crippen LogP contribution in [0.3, 0.4) is 0 Å². The maximum atomic E-state index is 12.2. The normalized spacial score (nSPS) is 12.0. The third-order valence-electron chi connectivity index (χ3n) is 2.84. The molecule has 0 bridgehead atoms. The molecule has 0 radical (unpaired) electrons. The summed E-state index contributed by atoms with van der Waals surface area (Å²) < 4.78 is 9.94. The third-order valence-corrected chi connectivity index (χ3v) is 3.48. The van der Waals surface area contributed by atoms with E-state index in [1.165, 1.54) is 0 Å². The van der Waals surface area contributed by atoms with Crippen molar-refractivity contribution < 1.29 is 24.2 Å². The summed E-state index contributed by atoms with van der Waals surface area (Å²) in [6, 6.07) is -1.24. The number of carbonyl (C=O) groups excluding carboxylic acids is 1. The summed E-state index contributed by atoms with van der Waals surface area (Å²) in [4.78, 5) is 24.9. The Kier molecular flexibility index (Phi) is 12.1. The van der Waals surface area contributed by atoms with Crippen LogP contribution in [0.4, 0.5) is 4.79 Å². The number of aliphatic carboxylic acids is 1. The Morgan fingerprint density at radius 3 is 2.43 bits per heavy atom. The summed E-state index contributed by atoms with van der Waals surface area (Å²) in [6.07, 6.45) is 2.99. The van der Waals surface area contributed by atoms with Crippen molar-refractivity contribution >= 4 is 23.8 Å². The van der Waals surface area contributed by atoms with Crippen molar-refractivity contribution in [1.82, 2.24) is 10.2 Å². The molecule has 0 unspecified atom stereocenters. The Labute approximate surface area is 130 Å². The van der Waals surface area contributed by atoms with E-state index in [0.717, 1.165) is 0 Å². The molecule has 0 heterocycles. The highest BCUT2D eigenvalue weighted by Crippen LogP contribution is 2.03. The van der Waals surface area contributed by atoms with Crippen LogP contribution in [0.1, 0.15) is 12.8 Å². The Hall–Kier alpha value is -0.990. The van der Waals surface area contributed by atoms with E-state index in [0.29, 0.717) is 44.9 Å². The molecule has 0 aliphatic heterocycles. The summed E-state index contributed by atoms with van der Waals surface area (Å²) >= 11 is 1.55. The molecule has 0 rings (SSSR count). The zero-order valence-electron chi connectivity index (χ0n) is 13.0. The number of amides is 2. The molecule has 0 aromatic heterocycles. The molecule has 0 aliphatic carbocycles. The van der Waals surface area contributed by atoms with Crippen molar-refractivity contribution in [3.63, 3.8) is 0 Å². The highest BCUT2D eigenvalue weighted by Gasteiger charge is 2.22. The fraction of sp³-hybridized carbons (Fsp3) is 0.846. The van der Waals surface area contributed by atoms with Crippen LogP contribution in [0.2, 0.25) is 0 Å². The van der Waals surface area contributed by atoms with Gasteiger partial charge in [-0.2, -0.15) is 11.8 Å². The van der Waals surface area contributed by atoms with Crippen molar-refractivity contribution in [2.24, 2.45) is 0 Å². The first-order chi connectivity index (χ1) is 10.1. The minimum absolute atomic E-state index is 0.378. The maximum absolute atomic E-state index is 12.2. The molecule has 0 spiro atoms. The van der Waals surface area contributed by atoms with Crippen LogP contribution in [0.15, 0.2) is 0 Å². The number of carbonyl (C=O) groups is 2. The van der Waals surface area contributed by atoms with Gasteiger partial charge in [-0.1, -0.05) is 0 Å². The van der Waals surface area contributed by atoms with E-state index >= 15 is 0 Å². The van der Waals surface area contributed by atoms with Crippen LogP contribution in [0, 0.1) is 0 Å². The fourth-order valence-electron chi connectivity index (χ4n) is 1.65. The largest absolute Gasteiger partial charge is 0.480 e. The van der Waals surface area contributed by atoms with Crippen molar-refractivity contribution in [2.75, 3.05) is 52.5 Å². The van der Waals surface area contributed by atoms with E-state index in [1.54, 1.807) is 30.9 Å². The number of hydrogen-bond acceptors (Lipinski definition) is 5. The van der Waals surface area contributed by atoms with E-state index < -0.39 is 12.0 Å². The lowest BCUT2D eigenvalue weighted by Gasteiger charge is -2.25. The number of hydrogen-bond donors (Lipinski definition) is 2. The first-order valence-corrected chi connectivity index (χ1v) is 8.21. The van der Waals surface area contributed by atoms with Gasteiger partial charge in [0, 0.05) is 33.9 Å².